The normalized spacial score (nSPS) is 14.4. The molecule has 0 atom stereocenters. The summed E-state index contributed by atoms with van der Waals surface area (Å²) in [6.07, 6.45) is 5.03. The Morgan fingerprint density at radius 3 is 2.71 bits per heavy atom. The summed E-state index contributed by atoms with van der Waals surface area (Å²) in [5, 5.41) is 7.04. The maximum absolute atomic E-state index is 5.83. The van der Waals surface area contributed by atoms with Crippen LogP contribution in [0.1, 0.15) is 5.56 Å². The van der Waals surface area contributed by atoms with Crippen molar-refractivity contribution in [3.05, 3.63) is 59.6 Å². The van der Waals surface area contributed by atoms with Crippen LogP contribution in [0.3, 0.4) is 0 Å². The lowest BCUT2D eigenvalue weighted by Crippen LogP contribution is -2.42. The van der Waals surface area contributed by atoms with Crippen LogP contribution in [0.4, 0.5) is 11.8 Å². The number of imidazole rings is 1. The molecule has 0 unspecified atom stereocenters. The average Bonchev–Trinajstić information content (AvgIpc) is 3.16. The van der Waals surface area contributed by atoms with Gasteiger partial charge in [-0.25, -0.2) is 15.0 Å². The fraction of sp³-hybridized carbons (Fsp3) is 0.238. The second-order valence-corrected chi connectivity index (χ2v) is 7.63. The van der Waals surface area contributed by atoms with Crippen molar-refractivity contribution in [1.82, 2.24) is 35.1 Å². The van der Waals surface area contributed by atoms with Gasteiger partial charge in [-0.3, -0.25) is 9.88 Å². The number of benzene rings is 1. The number of nitrogens with zero attached hydrogens (tertiary/aromatic N) is 5. The Morgan fingerprint density at radius 1 is 1.03 bits per heavy atom. The summed E-state index contributed by atoms with van der Waals surface area (Å²) in [6, 6.07) is 10.1. The highest BCUT2D eigenvalue weighted by atomic mass is 35.5. The van der Waals surface area contributed by atoms with Gasteiger partial charge >= 0.3 is 0 Å². The molecule has 1 saturated heterocycles. The third-order valence-corrected chi connectivity index (χ3v) is 5.28. The second-order valence-electron chi connectivity index (χ2n) is 7.24. The Balaban J connectivity index is 0.00000231. The van der Waals surface area contributed by atoms with Crippen LogP contribution in [0.15, 0.2) is 48.9 Å². The van der Waals surface area contributed by atoms with E-state index in [1.807, 2.05) is 24.4 Å². The van der Waals surface area contributed by atoms with E-state index < -0.39 is 0 Å². The summed E-state index contributed by atoms with van der Waals surface area (Å²) in [7, 11) is 0. The first kappa shape index (κ1) is 21.5. The number of fused-ring (bicyclic) bond motifs is 1. The first-order chi connectivity index (χ1) is 14.7. The standard InChI is InChI=1S/C21H21ClN8.ClH/c22-19-12-25-18(11-26-19)15-1-2-16-17(10-15)28-21(27-16)29-20-9-14(3-4-24-20)13-30-7-5-23-6-8-30;/h1-4,9-12,23H,5-8,13H2,(H2,24,27,28,29);1H. The van der Waals surface area contributed by atoms with Gasteiger partial charge in [0.25, 0.3) is 0 Å². The van der Waals surface area contributed by atoms with E-state index in [1.54, 1.807) is 12.4 Å². The van der Waals surface area contributed by atoms with Gasteiger partial charge in [-0.1, -0.05) is 17.7 Å². The lowest BCUT2D eigenvalue weighted by atomic mass is 10.1. The molecule has 3 N–H and O–H groups in total. The van der Waals surface area contributed by atoms with Gasteiger partial charge in [0.15, 0.2) is 0 Å². The first-order valence-corrected chi connectivity index (χ1v) is 10.2. The number of hydrogen-bond acceptors (Lipinski definition) is 7. The molecule has 5 rings (SSSR count). The Bertz CT molecular complexity index is 1160. The van der Waals surface area contributed by atoms with Gasteiger partial charge in [-0.2, -0.15) is 0 Å². The molecule has 0 saturated carbocycles. The molecule has 4 heterocycles. The molecule has 31 heavy (non-hydrogen) atoms. The number of nitrogens with one attached hydrogen (secondary N) is 3. The van der Waals surface area contributed by atoms with E-state index >= 15 is 0 Å². The first-order valence-electron chi connectivity index (χ1n) is 9.86. The van der Waals surface area contributed by atoms with Crippen molar-refractivity contribution < 1.29 is 0 Å². The van der Waals surface area contributed by atoms with Crippen LogP contribution in [0.25, 0.3) is 22.3 Å². The second kappa shape index (κ2) is 9.57. The molecule has 1 aliphatic rings. The molecule has 1 aliphatic heterocycles. The van der Waals surface area contributed by atoms with E-state index in [0.717, 1.165) is 60.8 Å². The largest absolute Gasteiger partial charge is 0.324 e. The van der Waals surface area contributed by atoms with Crippen LogP contribution in [0, 0.1) is 0 Å². The summed E-state index contributed by atoms with van der Waals surface area (Å²) in [6.45, 7) is 5.13. The van der Waals surface area contributed by atoms with Gasteiger partial charge in [0.2, 0.25) is 5.95 Å². The van der Waals surface area contributed by atoms with Gasteiger partial charge < -0.3 is 15.6 Å². The molecular formula is C21H22Cl2N8. The van der Waals surface area contributed by atoms with Gasteiger partial charge in [0.05, 0.1) is 29.1 Å². The summed E-state index contributed by atoms with van der Waals surface area (Å²) < 4.78 is 0. The molecule has 0 amide bonds. The predicted octanol–water partition coefficient (Wildman–Crippen LogP) is 3.64. The summed E-state index contributed by atoms with van der Waals surface area (Å²) in [5.74, 6) is 1.42. The molecule has 10 heteroatoms. The molecule has 8 nitrogen and oxygen atoms in total. The van der Waals surface area contributed by atoms with E-state index in [0.29, 0.717) is 11.1 Å². The van der Waals surface area contributed by atoms with Crippen molar-refractivity contribution in [2.75, 3.05) is 31.5 Å². The third kappa shape index (κ3) is 5.11. The van der Waals surface area contributed by atoms with E-state index in [2.05, 4.69) is 52.6 Å². The van der Waals surface area contributed by atoms with Crippen molar-refractivity contribution >= 4 is 46.8 Å². The molecule has 0 radical (unpaired) electrons. The van der Waals surface area contributed by atoms with Gasteiger partial charge in [0, 0.05) is 44.5 Å². The minimum atomic E-state index is 0. The number of halogens is 2. The van der Waals surface area contributed by atoms with Gasteiger partial charge in [-0.15, -0.1) is 12.4 Å². The predicted molar refractivity (Wildman–Crippen MR) is 125 cm³/mol. The summed E-state index contributed by atoms with van der Waals surface area (Å²) in [5.41, 5.74) is 4.70. The Kier molecular flexibility index (Phi) is 6.62. The van der Waals surface area contributed by atoms with E-state index in [-0.39, 0.29) is 12.4 Å². The lowest BCUT2D eigenvalue weighted by molar-refractivity contribution is 0.233. The van der Waals surface area contributed by atoms with Crippen molar-refractivity contribution in [3.63, 3.8) is 0 Å². The van der Waals surface area contributed by atoms with Gasteiger partial charge in [0.1, 0.15) is 11.0 Å². The fourth-order valence-electron chi connectivity index (χ4n) is 3.58. The van der Waals surface area contributed by atoms with E-state index in [1.165, 1.54) is 5.56 Å². The number of pyridine rings is 1. The molecule has 0 aliphatic carbocycles. The number of aromatic nitrogens is 5. The maximum Gasteiger partial charge on any atom is 0.206 e. The number of anilines is 2. The fourth-order valence-corrected chi connectivity index (χ4v) is 3.68. The van der Waals surface area contributed by atoms with E-state index in [9.17, 15) is 0 Å². The van der Waals surface area contributed by atoms with Crippen molar-refractivity contribution in [3.8, 4) is 11.3 Å². The zero-order chi connectivity index (χ0) is 20.3. The zero-order valence-corrected chi connectivity index (χ0v) is 18.2. The number of rotatable bonds is 5. The minimum Gasteiger partial charge on any atom is -0.324 e. The number of H-pyrrole nitrogens is 1. The number of piperazine rings is 1. The topological polar surface area (TPSA) is 94.6 Å². The van der Waals surface area contributed by atoms with Crippen LogP contribution in [0.2, 0.25) is 5.15 Å². The Labute approximate surface area is 190 Å². The molecule has 1 aromatic carbocycles. The average molecular weight is 457 g/mol. The molecule has 3 aromatic heterocycles. The quantitative estimate of drug-likeness (QED) is 0.421. The number of aromatic amines is 1. The minimum absolute atomic E-state index is 0. The van der Waals surface area contributed by atoms with Crippen LogP contribution < -0.4 is 10.6 Å². The Hall–Kier alpha value is -2.78. The van der Waals surface area contributed by atoms with Crippen LogP contribution >= 0.6 is 24.0 Å². The highest BCUT2D eigenvalue weighted by Gasteiger charge is 2.11. The van der Waals surface area contributed by atoms with Crippen molar-refractivity contribution in [1.29, 1.82) is 0 Å². The zero-order valence-electron chi connectivity index (χ0n) is 16.7. The molecular weight excluding hydrogens is 435 g/mol. The van der Waals surface area contributed by atoms with Crippen LogP contribution in [-0.4, -0.2) is 56.0 Å². The van der Waals surface area contributed by atoms with Crippen LogP contribution in [-0.2, 0) is 6.54 Å². The van der Waals surface area contributed by atoms with Crippen molar-refractivity contribution in [2.24, 2.45) is 0 Å². The molecule has 1 fully saturated rings. The molecule has 4 aromatic rings. The Morgan fingerprint density at radius 2 is 1.90 bits per heavy atom. The SMILES string of the molecule is Cl.Clc1cnc(-c2ccc3nc(Nc4cc(CN5CCNCC5)ccn4)[nH]c3c2)cn1. The number of hydrogen-bond donors (Lipinski definition) is 3. The highest BCUT2D eigenvalue weighted by molar-refractivity contribution is 6.29. The lowest BCUT2D eigenvalue weighted by Gasteiger charge is -2.27. The van der Waals surface area contributed by atoms with Gasteiger partial charge in [-0.05, 0) is 29.8 Å². The monoisotopic (exact) mass is 456 g/mol. The van der Waals surface area contributed by atoms with Crippen LogP contribution in [0.5, 0.6) is 0 Å². The highest BCUT2D eigenvalue weighted by Crippen LogP contribution is 2.24. The summed E-state index contributed by atoms with van der Waals surface area (Å²) in [4.78, 5) is 23.2. The maximum atomic E-state index is 5.83. The van der Waals surface area contributed by atoms with E-state index in [4.69, 9.17) is 11.6 Å². The molecule has 160 valence electrons. The molecule has 0 bridgehead atoms. The summed E-state index contributed by atoms with van der Waals surface area (Å²) >= 11 is 5.83. The third-order valence-electron chi connectivity index (χ3n) is 5.08. The van der Waals surface area contributed by atoms with Crippen molar-refractivity contribution in [2.45, 2.75) is 6.54 Å². The molecule has 0 spiro atoms. The smallest absolute Gasteiger partial charge is 0.206 e.